The Morgan fingerprint density at radius 1 is 1.05 bits per heavy atom. The Morgan fingerprint density at radius 2 is 1.77 bits per heavy atom. The van der Waals surface area contributed by atoms with Crippen LogP contribution in [-0.2, 0) is 4.74 Å². The summed E-state index contributed by atoms with van der Waals surface area (Å²) in [6.45, 7) is 10.5. The van der Waals surface area contributed by atoms with Crippen molar-refractivity contribution in [2.75, 3.05) is 13.2 Å². The van der Waals surface area contributed by atoms with E-state index in [2.05, 4.69) is 33.0 Å². The van der Waals surface area contributed by atoms with Crippen molar-refractivity contribution in [1.29, 1.82) is 0 Å². The Kier molecular flexibility index (Phi) is 9.02. The molecule has 0 aromatic heterocycles. The van der Waals surface area contributed by atoms with E-state index in [1.165, 1.54) is 25.7 Å². The van der Waals surface area contributed by atoms with Crippen LogP contribution in [0.3, 0.4) is 0 Å². The smallest absolute Gasteiger partial charge is 0.407 e. The van der Waals surface area contributed by atoms with Crippen molar-refractivity contribution in [3.05, 3.63) is 42.0 Å². The number of alkyl carbamates (subject to hydrolysis) is 1. The number of amides is 1. The first-order valence-corrected chi connectivity index (χ1v) is 16.2. The Bertz CT molecular complexity index is 1030. The maximum absolute atomic E-state index is 12.3. The molecule has 0 saturated heterocycles. The van der Waals surface area contributed by atoms with E-state index in [1.54, 1.807) is 0 Å². The summed E-state index contributed by atoms with van der Waals surface area (Å²) >= 11 is 0. The molecule has 4 aliphatic carbocycles. The molecule has 1 aromatic carbocycles. The van der Waals surface area contributed by atoms with Gasteiger partial charge in [0.05, 0.1) is 12.2 Å². The molecule has 0 aliphatic heterocycles. The first kappa shape index (κ1) is 29.6. The van der Waals surface area contributed by atoms with Gasteiger partial charge in [-0.05, 0) is 115 Å². The lowest BCUT2D eigenvalue weighted by Gasteiger charge is -2.64. The van der Waals surface area contributed by atoms with Crippen LogP contribution in [0.15, 0.2) is 36.4 Å². The van der Waals surface area contributed by atoms with Crippen LogP contribution >= 0.6 is 0 Å². The van der Waals surface area contributed by atoms with Gasteiger partial charge in [-0.3, -0.25) is 0 Å². The minimum absolute atomic E-state index is 0.196. The first-order valence-electron chi connectivity index (χ1n) is 16.2. The molecule has 0 radical (unpaired) electrons. The lowest BCUT2D eigenvalue weighted by atomic mass is 9.41. The number of carbonyl (C=O) groups excluding carboxylic acids is 1. The second-order valence-electron chi connectivity index (χ2n) is 14.2. The zero-order valence-corrected chi connectivity index (χ0v) is 25.2. The number of hydrogen-bond donors (Lipinski definition) is 3. The van der Waals surface area contributed by atoms with Crippen molar-refractivity contribution in [3.8, 4) is 0 Å². The maximum atomic E-state index is 12.3. The van der Waals surface area contributed by atoms with Gasteiger partial charge in [0.1, 0.15) is 6.61 Å². The van der Waals surface area contributed by atoms with E-state index < -0.39 is 0 Å². The Balaban J connectivity index is 1.16. The van der Waals surface area contributed by atoms with Crippen LogP contribution in [0.5, 0.6) is 0 Å². The average Bonchev–Trinajstić information content (AvgIpc) is 3.30. The van der Waals surface area contributed by atoms with Crippen molar-refractivity contribution in [2.45, 2.75) is 97.7 Å². The molecule has 0 unspecified atom stereocenters. The second-order valence-corrected chi connectivity index (χ2v) is 14.2. The van der Waals surface area contributed by atoms with Crippen molar-refractivity contribution in [3.63, 3.8) is 0 Å². The number of fused-ring (bicyclic) bond motifs is 5. The Hall–Kier alpha value is -1.85. The van der Waals surface area contributed by atoms with Gasteiger partial charge in [-0.25, -0.2) is 4.79 Å². The van der Waals surface area contributed by atoms with Gasteiger partial charge in [0, 0.05) is 6.54 Å². The van der Waals surface area contributed by atoms with Crippen LogP contribution in [0.25, 0.3) is 6.08 Å². The first-order chi connectivity index (χ1) is 19.2. The molecule has 4 fully saturated rings. The minimum Gasteiger partial charge on any atom is -0.445 e. The summed E-state index contributed by atoms with van der Waals surface area (Å²) < 4.78 is 5.35. The summed E-state index contributed by atoms with van der Waals surface area (Å²) in [5.74, 6) is 3.41. The number of benzene rings is 1. The van der Waals surface area contributed by atoms with E-state index in [9.17, 15) is 15.0 Å². The van der Waals surface area contributed by atoms with E-state index in [0.717, 1.165) is 37.7 Å². The van der Waals surface area contributed by atoms with Crippen molar-refractivity contribution in [2.24, 2.45) is 52.3 Å². The topological polar surface area (TPSA) is 78.8 Å². The van der Waals surface area contributed by atoms with Crippen molar-refractivity contribution >= 4 is 12.2 Å². The molecule has 3 N–H and O–H groups in total. The van der Waals surface area contributed by atoms with Gasteiger partial charge < -0.3 is 20.3 Å². The predicted octanol–water partition coefficient (Wildman–Crippen LogP) is 7.08. The number of aliphatic hydroxyl groups excluding tert-OH is 2. The van der Waals surface area contributed by atoms with Crippen LogP contribution in [0.2, 0.25) is 0 Å². The van der Waals surface area contributed by atoms with Crippen LogP contribution in [0, 0.1) is 52.3 Å². The number of carbonyl (C=O) groups is 1. The largest absolute Gasteiger partial charge is 0.445 e. The summed E-state index contributed by atoms with van der Waals surface area (Å²) in [7, 11) is 0. The van der Waals surface area contributed by atoms with Gasteiger partial charge in [-0.2, -0.15) is 0 Å². The lowest BCUT2D eigenvalue weighted by molar-refractivity contribution is -0.203. The molecule has 40 heavy (non-hydrogen) atoms. The molecular weight excluding hydrogens is 498 g/mol. The molecular formula is C35H53NO4. The summed E-state index contributed by atoms with van der Waals surface area (Å²) in [5, 5.41) is 25.4. The molecule has 5 rings (SSSR count). The van der Waals surface area contributed by atoms with Gasteiger partial charge in [-0.15, -0.1) is 0 Å². The number of aliphatic hydroxyl groups is 2. The quantitative estimate of drug-likeness (QED) is 0.323. The van der Waals surface area contributed by atoms with Gasteiger partial charge in [0.15, 0.2) is 0 Å². The van der Waals surface area contributed by atoms with Crippen LogP contribution in [0.4, 0.5) is 4.79 Å². The summed E-state index contributed by atoms with van der Waals surface area (Å²) in [4.78, 5) is 12.3. The van der Waals surface area contributed by atoms with Crippen molar-refractivity contribution in [1.82, 2.24) is 5.32 Å². The monoisotopic (exact) mass is 551 g/mol. The van der Waals surface area contributed by atoms with Gasteiger partial charge in [0.2, 0.25) is 0 Å². The summed E-state index contributed by atoms with van der Waals surface area (Å²) in [5.41, 5.74) is 1.59. The van der Waals surface area contributed by atoms with Crippen LogP contribution in [0.1, 0.15) is 91.0 Å². The average molecular weight is 552 g/mol. The highest BCUT2D eigenvalue weighted by Crippen LogP contribution is 2.69. The normalized spacial score (nSPS) is 41.5. The Labute approximate surface area is 242 Å². The van der Waals surface area contributed by atoms with Gasteiger partial charge in [0.25, 0.3) is 0 Å². The highest BCUT2D eigenvalue weighted by molar-refractivity contribution is 5.67. The Morgan fingerprint density at radius 3 is 2.52 bits per heavy atom. The molecule has 0 bridgehead atoms. The molecule has 4 saturated carbocycles. The second kappa shape index (κ2) is 12.2. The summed E-state index contributed by atoms with van der Waals surface area (Å²) in [6, 6.07) is 10.0. The summed E-state index contributed by atoms with van der Waals surface area (Å²) in [6.07, 6.45) is 12.8. The van der Waals surface area contributed by atoms with Gasteiger partial charge in [-0.1, -0.05) is 70.5 Å². The zero-order valence-electron chi connectivity index (χ0n) is 25.2. The fraction of sp³-hybridized carbons (Fsp3) is 0.743. The minimum atomic E-state index is -0.350. The molecule has 5 nitrogen and oxygen atoms in total. The SMILES string of the molecule is CC[C@H]1[C@@H](O)[C@@H]2[C@H](CC[C@]3(C)[C@@H]([C@H](C)CCNC(=O)OCC=Cc4ccccc4)CC[C@@H]23)[C@@]2(C)CC[C@@H](O)C[C@@H]12. The maximum Gasteiger partial charge on any atom is 0.407 e. The van der Waals surface area contributed by atoms with E-state index in [4.69, 9.17) is 4.74 Å². The zero-order chi connectivity index (χ0) is 28.5. The van der Waals surface area contributed by atoms with Gasteiger partial charge >= 0.3 is 6.09 Å². The van der Waals surface area contributed by atoms with E-state index >= 15 is 0 Å². The third-order valence-electron chi connectivity index (χ3n) is 12.4. The number of nitrogens with one attached hydrogen (secondary N) is 1. The molecule has 11 atom stereocenters. The van der Waals surface area contributed by atoms with Crippen LogP contribution in [-0.4, -0.2) is 41.7 Å². The van der Waals surface area contributed by atoms with E-state index in [1.807, 2.05) is 42.5 Å². The van der Waals surface area contributed by atoms with E-state index in [0.29, 0.717) is 48.0 Å². The molecule has 0 spiro atoms. The van der Waals surface area contributed by atoms with Crippen molar-refractivity contribution < 1.29 is 19.7 Å². The number of rotatable bonds is 8. The lowest BCUT2D eigenvalue weighted by Crippen LogP contribution is -2.62. The highest BCUT2D eigenvalue weighted by Gasteiger charge is 2.64. The predicted molar refractivity (Wildman–Crippen MR) is 160 cm³/mol. The molecule has 0 heterocycles. The van der Waals surface area contributed by atoms with Crippen LogP contribution < -0.4 is 5.32 Å². The van der Waals surface area contributed by atoms with E-state index in [-0.39, 0.29) is 35.7 Å². The molecule has 5 heteroatoms. The third kappa shape index (κ3) is 5.50. The fourth-order valence-corrected chi connectivity index (χ4v) is 10.5. The molecule has 4 aliphatic rings. The molecule has 1 amide bonds. The molecule has 1 aromatic rings. The number of ether oxygens (including phenoxy) is 1. The standard InChI is InChI=1S/C35H53NO4/c1-5-26-30-22-25(37)15-18-35(30,4)29-16-19-34(3)27(13-14-28(34)31(29)32(26)38)23(2)17-20-36-33(39)40-21-9-12-24-10-7-6-8-11-24/h6-12,23,25-32,37-38H,5,13-22H2,1-4H3,(H,36,39)/t23-,25-,26-,27-,28+,29+,30+,31+,32-,34-,35-/m1/s1. The number of hydrogen-bond acceptors (Lipinski definition) is 4. The molecule has 222 valence electrons. The highest BCUT2D eigenvalue weighted by atomic mass is 16.5. The third-order valence-corrected chi connectivity index (χ3v) is 12.4. The fourth-order valence-electron chi connectivity index (χ4n) is 10.5.